The fourth-order valence-corrected chi connectivity index (χ4v) is 0.933. The molecule has 0 saturated carbocycles. The predicted molar refractivity (Wildman–Crippen MR) is 37.9 cm³/mol. The van der Waals surface area contributed by atoms with Crippen molar-refractivity contribution in [1.29, 1.82) is 0 Å². The van der Waals surface area contributed by atoms with Crippen LogP contribution in [0.25, 0.3) is 0 Å². The highest BCUT2D eigenvalue weighted by molar-refractivity contribution is 5.90. The normalized spacial score (nSPS) is 14.7. The molecule has 0 fully saturated rings. The zero-order chi connectivity index (χ0) is 7.68. The van der Waals surface area contributed by atoms with Crippen LogP contribution in [0.2, 0.25) is 0 Å². The SMILES string of the molecule is O=C1NCc2ccnnc2N1. The van der Waals surface area contributed by atoms with Crippen LogP contribution in [0.5, 0.6) is 0 Å². The maximum Gasteiger partial charge on any atom is 0.320 e. The van der Waals surface area contributed by atoms with Crippen LogP contribution in [0.4, 0.5) is 10.6 Å². The minimum atomic E-state index is -0.224. The third kappa shape index (κ3) is 1.000. The van der Waals surface area contributed by atoms with Crippen molar-refractivity contribution in [2.75, 3.05) is 5.32 Å². The zero-order valence-corrected chi connectivity index (χ0v) is 5.66. The lowest BCUT2D eigenvalue weighted by molar-refractivity contribution is 0.250. The minimum absolute atomic E-state index is 0.224. The topological polar surface area (TPSA) is 66.9 Å². The van der Waals surface area contributed by atoms with E-state index in [1.54, 1.807) is 6.20 Å². The van der Waals surface area contributed by atoms with Crippen LogP contribution >= 0.6 is 0 Å². The van der Waals surface area contributed by atoms with Crippen molar-refractivity contribution in [2.45, 2.75) is 6.54 Å². The Morgan fingerprint density at radius 2 is 2.45 bits per heavy atom. The van der Waals surface area contributed by atoms with Gasteiger partial charge in [-0.05, 0) is 6.07 Å². The Balaban J connectivity index is 2.41. The van der Waals surface area contributed by atoms with E-state index in [1.807, 2.05) is 6.07 Å². The summed E-state index contributed by atoms with van der Waals surface area (Å²) >= 11 is 0. The first-order valence-electron chi connectivity index (χ1n) is 3.22. The summed E-state index contributed by atoms with van der Waals surface area (Å²) in [7, 11) is 0. The lowest BCUT2D eigenvalue weighted by Crippen LogP contribution is -2.34. The molecule has 5 nitrogen and oxygen atoms in total. The number of hydrogen-bond acceptors (Lipinski definition) is 3. The van der Waals surface area contributed by atoms with E-state index >= 15 is 0 Å². The molecule has 2 rings (SSSR count). The van der Waals surface area contributed by atoms with Crippen LogP contribution in [0, 0.1) is 0 Å². The Kier molecular flexibility index (Phi) is 1.21. The van der Waals surface area contributed by atoms with Gasteiger partial charge in [-0.2, -0.15) is 5.10 Å². The third-order valence-electron chi connectivity index (χ3n) is 1.48. The highest BCUT2D eigenvalue weighted by atomic mass is 16.2. The number of amides is 2. The van der Waals surface area contributed by atoms with Gasteiger partial charge in [0.2, 0.25) is 0 Å². The highest BCUT2D eigenvalue weighted by Gasteiger charge is 2.13. The van der Waals surface area contributed by atoms with Gasteiger partial charge in [0.05, 0.1) is 6.20 Å². The molecule has 0 aromatic carbocycles. The van der Waals surface area contributed by atoms with E-state index in [2.05, 4.69) is 20.8 Å². The molecule has 1 aliphatic rings. The molecule has 0 spiro atoms. The Morgan fingerprint density at radius 3 is 3.36 bits per heavy atom. The molecule has 0 radical (unpaired) electrons. The second-order valence-electron chi connectivity index (χ2n) is 2.21. The van der Waals surface area contributed by atoms with Crippen molar-refractivity contribution in [2.24, 2.45) is 0 Å². The van der Waals surface area contributed by atoms with Gasteiger partial charge in [0.25, 0.3) is 0 Å². The van der Waals surface area contributed by atoms with Crippen LogP contribution < -0.4 is 10.6 Å². The summed E-state index contributed by atoms with van der Waals surface area (Å²) in [6.45, 7) is 0.524. The maximum atomic E-state index is 10.7. The second-order valence-corrected chi connectivity index (χ2v) is 2.21. The third-order valence-corrected chi connectivity index (χ3v) is 1.48. The van der Waals surface area contributed by atoms with E-state index in [4.69, 9.17) is 0 Å². The molecule has 0 unspecified atom stereocenters. The van der Waals surface area contributed by atoms with Gasteiger partial charge < -0.3 is 5.32 Å². The lowest BCUT2D eigenvalue weighted by Gasteiger charge is -2.15. The van der Waals surface area contributed by atoms with Crippen molar-refractivity contribution in [1.82, 2.24) is 15.5 Å². The first-order chi connectivity index (χ1) is 5.36. The van der Waals surface area contributed by atoms with E-state index < -0.39 is 0 Å². The number of rotatable bonds is 0. The fourth-order valence-electron chi connectivity index (χ4n) is 0.933. The van der Waals surface area contributed by atoms with Gasteiger partial charge in [-0.1, -0.05) is 0 Å². The molecule has 1 aromatic heterocycles. The summed E-state index contributed by atoms with van der Waals surface area (Å²) in [5, 5.41) is 12.5. The Morgan fingerprint density at radius 1 is 1.55 bits per heavy atom. The largest absolute Gasteiger partial charge is 0.334 e. The summed E-state index contributed by atoms with van der Waals surface area (Å²) in [6.07, 6.45) is 1.60. The molecule has 0 bridgehead atoms. The van der Waals surface area contributed by atoms with E-state index in [9.17, 15) is 4.79 Å². The van der Waals surface area contributed by atoms with Crippen molar-refractivity contribution < 1.29 is 4.79 Å². The Labute approximate surface area is 62.8 Å². The van der Waals surface area contributed by atoms with E-state index in [0.29, 0.717) is 12.4 Å². The van der Waals surface area contributed by atoms with Gasteiger partial charge in [0.1, 0.15) is 0 Å². The maximum absolute atomic E-state index is 10.7. The molecule has 0 saturated heterocycles. The fraction of sp³-hybridized carbons (Fsp3) is 0.167. The van der Waals surface area contributed by atoms with E-state index in [0.717, 1.165) is 5.56 Å². The van der Waals surface area contributed by atoms with Crippen LogP contribution in [-0.4, -0.2) is 16.2 Å². The Bertz CT molecular complexity index is 298. The van der Waals surface area contributed by atoms with Gasteiger partial charge in [-0.3, -0.25) is 5.32 Å². The van der Waals surface area contributed by atoms with Crippen molar-refractivity contribution >= 4 is 11.8 Å². The molecule has 1 aromatic rings. The molecular weight excluding hydrogens is 144 g/mol. The number of aromatic nitrogens is 2. The number of carbonyl (C=O) groups excluding carboxylic acids is 1. The van der Waals surface area contributed by atoms with Crippen LogP contribution in [0.15, 0.2) is 12.3 Å². The molecule has 0 atom stereocenters. The molecular formula is C6H6N4O. The summed E-state index contributed by atoms with van der Waals surface area (Å²) in [6, 6.07) is 1.59. The van der Waals surface area contributed by atoms with Crippen LogP contribution in [0.1, 0.15) is 5.56 Å². The summed E-state index contributed by atoms with van der Waals surface area (Å²) in [4.78, 5) is 10.7. The van der Waals surface area contributed by atoms with Gasteiger partial charge >= 0.3 is 6.03 Å². The monoisotopic (exact) mass is 150 g/mol. The molecule has 2 amide bonds. The number of hydrogen-bond donors (Lipinski definition) is 2. The molecule has 11 heavy (non-hydrogen) atoms. The van der Waals surface area contributed by atoms with E-state index in [-0.39, 0.29) is 6.03 Å². The number of urea groups is 1. The average molecular weight is 150 g/mol. The molecule has 2 N–H and O–H groups in total. The van der Waals surface area contributed by atoms with Crippen molar-refractivity contribution in [3.8, 4) is 0 Å². The van der Waals surface area contributed by atoms with Crippen molar-refractivity contribution in [3.63, 3.8) is 0 Å². The molecule has 2 heterocycles. The first-order valence-corrected chi connectivity index (χ1v) is 3.22. The van der Waals surface area contributed by atoms with E-state index in [1.165, 1.54) is 0 Å². The number of anilines is 1. The zero-order valence-electron chi connectivity index (χ0n) is 5.66. The standard InChI is InChI=1S/C6H6N4O/c11-6-7-3-4-1-2-8-10-5(4)9-6/h1-2H,3H2,(H2,7,9,10,11). The predicted octanol–water partition coefficient (Wildman–Crippen LogP) is 0.112. The number of nitrogens with zero attached hydrogens (tertiary/aromatic N) is 2. The van der Waals surface area contributed by atoms with Crippen LogP contribution in [0.3, 0.4) is 0 Å². The lowest BCUT2D eigenvalue weighted by atomic mass is 10.2. The van der Waals surface area contributed by atoms with Crippen LogP contribution in [-0.2, 0) is 6.54 Å². The number of fused-ring (bicyclic) bond motifs is 1. The Hall–Kier alpha value is -1.65. The summed E-state index contributed by atoms with van der Waals surface area (Å²) in [5.41, 5.74) is 0.958. The molecule has 56 valence electrons. The average Bonchev–Trinajstić information content (AvgIpc) is 2.04. The minimum Gasteiger partial charge on any atom is -0.334 e. The number of carbonyl (C=O) groups is 1. The molecule has 0 aliphatic carbocycles. The summed E-state index contributed by atoms with van der Waals surface area (Å²) in [5.74, 6) is 0.552. The quantitative estimate of drug-likeness (QED) is 0.551. The first kappa shape index (κ1) is 6.09. The molecule has 1 aliphatic heterocycles. The smallest absolute Gasteiger partial charge is 0.320 e. The highest BCUT2D eigenvalue weighted by Crippen LogP contribution is 2.12. The van der Waals surface area contributed by atoms with Crippen molar-refractivity contribution in [3.05, 3.63) is 17.8 Å². The second kappa shape index (κ2) is 2.19. The van der Waals surface area contributed by atoms with Gasteiger partial charge in [0.15, 0.2) is 5.82 Å². The van der Waals surface area contributed by atoms with Gasteiger partial charge in [-0.25, -0.2) is 4.79 Å². The molecule has 5 heteroatoms. The van der Waals surface area contributed by atoms with Gasteiger partial charge in [0, 0.05) is 12.1 Å². The summed E-state index contributed by atoms with van der Waals surface area (Å²) < 4.78 is 0. The number of nitrogens with one attached hydrogen (secondary N) is 2. The van der Waals surface area contributed by atoms with Gasteiger partial charge in [-0.15, -0.1) is 5.10 Å².